The van der Waals surface area contributed by atoms with E-state index in [0.29, 0.717) is 11.5 Å². The highest BCUT2D eigenvalue weighted by atomic mass is 16.3. The smallest absolute Gasteiger partial charge is 0.236 e. The Hall–Kier alpha value is -6.72. The van der Waals surface area contributed by atoms with Crippen molar-refractivity contribution in [2.75, 3.05) is 0 Å². The molecule has 0 aliphatic carbocycles. The van der Waals surface area contributed by atoms with Crippen LogP contribution in [0.2, 0.25) is 0 Å². The van der Waals surface area contributed by atoms with E-state index in [-0.39, 0.29) is 0 Å². The normalized spacial score (nSPS) is 12.5. The Morgan fingerprint density at radius 3 is 2.00 bits per heavy atom. The van der Waals surface area contributed by atoms with E-state index in [9.17, 15) is 0 Å². The third kappa shape index (κ3) is 3.15. The van der Waals surface area contributed by atoms with Gasteiger partial charge in [0.25, 0.3) is 0 Å². The third-order valence-corrected chi connectivity index (χ3v) is 10.4. The molecule has 0 aliphatic heterocycles. The number of para-hydroxylation sites is 3. The molecule has 7 aromatic carbocycles. The summed E-state index contributed by atoms with van der Waals surface area (Å²) in [5.41, 5.74) is 9.88. The molecular formula is C44H24N4O. The molecule has 0 aliphatic rings. The molecule has 5 nitrogen and oxygen atoms in total. The highest BCUT2D eigenvalue weighted by molar-refractivity contribution is 6.37. The lowest BCUT2D eigenvalue weighted by molar-refractivity contribution is 0.666. The maximum Gasteiger partial charge on any atom is 0.236 e. The molecule has 0 atom stereocenters. The quantitative estimate of drug-likeness (QED) is 0.192. The number of fused-ring (bicyclic) bond motifs is 15. The number of aromatic nitrogens is 4. The summed E-state index contributed by atoms with van der Waals surface area (Å²) >= 11 is 0. The van der Waals surface area contributed by atoms with Crippen molar-refractivity contribution in [2.24, 2.45) is 0 Å². The van der Waals surface area contributed by atoms with Gasteiger partial charge in [0, 0.05) is 43.3 Å². The largest absolute Gasteiger partial charge is 0.452 e. The van der Waals surface area contributed by atoms with Crippen molar-refractivity contribution in [2.45, 2.75) is 0 Å². The van der Waals surface area contributed by atoms with Crippen LogP contribution >= 0.6 is 0 Å². The van der Waals surface area contributed by atoms with Gasteiger partial charge in [0.05, 0.1) is 27.6 Å². The maximum atomic E-state index is 6.49. The Bertz CT molecular complexity index is 3330. The first-order chi connectivity index (χ1) is 24.3. The average Bonchev–Trinajstić information content (AvgIpc) is 3.90. The summed E-state index contributed by atoms with van der Waals surface area (Å²) in [4.78, 5) is 10.8. The van der Waals surface area contributed by atoms with Crippen LogP contribution in [0.25, 0.3) is 110 Å². The van der Waals surface area contributed by atoms with Gasteiger partial charge in [-0.1, -0.05) is 109 Å². The Morgan fingerprint density at radius 1 is 0.469 bits per heavy atom. The molecule has 0 N–H and O–H groups in total. The summed E-state index contributed by atoms with van der Waals surface area (Å²) in [5, 5.41) is 10.8. The summed E-state index contributed by atoms with van der Waals surface area (Å²) in [6, 6.07) is 51.6. The first kappa shape index (κ1) is 25.4. The summed E-state index contributed by atoms with van der Waals surface area (Å²) in [6.07, 6.45) is 0. The molecule has 0 unspecified atom stereocenters. The van der Waals surface area contributed by atoms with E-state index < -0.39 is 0 Å². The van der Waals surface area contributed by atoms with Gasteiger partial charge in [0.15, 0.2) is 5.58 Å². The topological polar surface area (TPSA) is 48.3 Å². The van der Waals surface area contributed by atoms with Gasteiger partial charge in [0.1, 0.15) is 16.8 Å². The van der Waals surface area contributed by atoms with Crippen molar-refractivity contribution in [1.82, 2.24) is 18.9 Å². The van der Waals surface area contributed by atoms with Gasteiger partial charge in [-0.3, -0.25) is 4.57 Å². The molecule has 5 heteroatoms. The van der Waals surface area contributed by atoms with Crippen molar-refractivity contribution < 1.29 is 4.42 Å². The second-order valence-electron chi connectivity index (χ2n) is 12.9. The molecular weight excluding hydrogens is 601 g/mol. The van der Waals surface area contributed by atoms with Crippen LogP contribution in [-0.4, -0.2) is 18.9 Å². The Labute approximate surface area is 278 Å². The lowest BCUT2D eigenvalue weighted by atomic mass is 10.00. The van der Waals surface area contributed by atoms with E-state index in [0.717, 1.165) is 38.8 Å². The van der Waals surface area contributed by atoms with E-state index >= 15 is 0 Å². The molecule has 0 radical (unpaired) electrons. The van der Waals surface area contributed by atoms with E-state index in [1.807, 2.05) is 36.4 Å². The predicted molar refractivity (Wildman–Crippen MR) is 201 cm³/mol. The Balaban J connectivity index is 1.36. The third-order valence-electron chi connectivity index (χ3n) is 10.4. The van der Waals surface area contributed by atoms with Crippen LogP contribution < -0.4 is 0 Å². The molecule has 226 valence electrons. The van der Waals surface area contributed by atoms with Gasteiger partial charge in [-0.2, -0.15) is 0 Å². The van der Waals surface area contributed by atoms with Crippen molar-refractivity contribution in [3.63, 3.8) is 0 Å². The summed E-state index contributed by atoms with van der Waals surface area (Å²) in [6.45, 7) is 0. The minimum absolute atomic E-state index is 0.621. The first-order valence-corrected chi connectivity index (χ1v) is 16.6. The van der Waals surface area contributed by atoms with Crippen LogP contribution in [0.3, 0.4) is 0 Å². The fourth-order valence-corrected chi connectivity index (χ4v) is 8.45. The van der Waals surface area contributed by atoms with Crippen molar-refractivity contribution in [3.05, 3.63) is 146 Å². The fraction of sp³-hybridized carbons (Fsp3) is 0. The molecule has 5 aromatic heterocycles. The number of furan rings is 1. The molecule has 12 aromatic rings. The van der Waals surface area contributed by atoms with Crippen LogP contribution in [0.15, 0.2) is 150 Å². The molecule has 0 saturated heterocycles. The summed E-state index contributed by atoms with van der Waals surface area (Å²) in [7, 11) is 0. The highest BCUT2D eigenvalue weighted by Gasteiger charge is 2.27. The molecule has 0 spiro atoms. The summed E-state index contributed by atoms with van der Waals surface area (Å²) < 4.78 is 11.2. The fourth-order valence-electron chi connectivity index (χ4n) is 8.45. The van der Waals surface area contributed by atoms with Gasteiger partial charge < -0.3 is 8.82 Å². The molecule has 0 amide bonds. The second-order valence-corrected chi connectivity index (χ2v) is 12.9. The van der Waals surface area contributed by atoms with Crippen molar-refractivity contribution in [3.8, 4) is 17.2 Å². The number of hydrogen-bond donors (Lipinski definition) is 0. The van der Waals surface area contributed by atoms with Crippen molar-refractivity contribution in [1.29, 1.82) is 0 Å². The van der Waals surface area contributed by atoms with Crippen molar-refractivity contribution >= 4 is 92.7 Å². The average molecular weight is 625 g/mol. The molecule has 49 heavy (non-hydrogen) atoms. The maximum absolute atomic E-state index is 6.49. The Kier molecular flexibility index (Phi) is 4.66. The predicted octanol–water partition coefficient (Wildman–Crippen LogP) is 11.4. The van der Waals surface area contributed by atoms with E-state index in [1.54, 1.807) is 0 Å². The van der Waals surface area contributed by atoms with Crippen LogP contribution in [0.5, 0.6) is 0 Å². The lowest BCUT2D eigenvalue weighted by Gasteiger charge is -2.10. The Morgan fingerprint density at radius 2 is 1.14 bits per heavy atom. The zero-order chi connectivity index (χ0) is 31.8. The zero-order valence-corrected chi connectivity index (χ0v) is 26.1. The van der Waals surface area contributed by atoms with Gasteiger partial charge >= 0.3 is 0 Å². The molecule has 0 fully saturated rings. The molecule has 5 heterocycles. The highest BCUT2D eigenvalue weighted by Crippen LogP contribution is 2.48. The monoisotopic (exact) mass is 624 g/mol. The van der Waals surface area contributed by atoms with Gasteiger partial charge in [0.2, 0.25) is 5.95 Å². The van der Waals surface area contributed by atoms with Crippen LogP contribution in [-0.2, 0) is 0 Å². The van der Waals surface area contributed by atoms with E-state index in [2.05, 4.69) is 118 Å². The van der Waals surface area contributed by atoms with Crippen LogP contribution in [0, 0.1) is 0 Å². The van der Waals surface area contributed by atoms with Crippen LogP contribution in [0.1, 0.15) is 0 Å². The number of nitrogens with zero attached hydrogens (tertiary/aromatic N) is 4. The van der Waals surface area contributed by atoms with E-state index in [1.165, 1.54) is 59.6 Å². The first-order valence-electron chi connectivity index (χ1n) is 16.6. The summed E-state index contributed by atoms with van der Waals surface area (Å²) in [5.74, 6) is 0.621. The minimum atomic E-state index is 0.621. The van der Waals surface area contributed by atoms with Gasteiger partial charge in [-0.15, -0.1) is 0 Å². The molecule has 12 rings (SSSR count). The number of hydrogen-bond acceptors (Lipinski definition) is 3. The molecule has 0 bridgehead atoms. The van der Waals surface area contributed by atoms with Gasteiger partial charge in [-0.05, 0) is 47.2 Å². The van der Waals surface area contributed by atoms with Crippen LogP contribution in [0.4, 0.5) is 0 Å². The molecule has 0 saturated carbocycles. The van der Waals surface area contributed by atoms with E-state index in [4.69, 9.17) is 14.4 Å². The second kappa shape index (κ2) is 9.00. The standard InChI is InChI=1S/C44H24N4O/c1-2-13-26(14-3-1)39-43-40(30-18-8-11-21-36(30)49-43)46-44(45-39)48-34-20-10-7-17-29(34)32-24-31-28-16-6-9-19-33(28)47-35-23-22-25-12-4-5-15-27(25)37(35)38(41(31)47)42(32)48/h1-24H. The lowest BCUT2D eigenvalue weighted by Crippen LogP contribution is -2.03. The number of rotatable bonds is 2. The minimum Gasteiger partial charge on any atom is -0.452 e. The number of benzene rings is 7. The van der Waals surface area contributed by atoms with Gasteiger partial charge in [-0.25, -0.2) is 9.97 Å². The zero-order valence-electron chi connectivity index (χ0n) is 26.1. The SMILES string of the molecule is c1ccc(-c2nc(-n3c4ccccc4c4cc5c6ccccc6n6c7ccc8ccccc8c7c(c43)c56)nc3c2oc2ccccc23)cc1.